The summed E-state index contributed by atoms with van der Waals surface area (Å²) in [6, 6.07) is 33.2. The van der Waals surface area contributed by atoms with E-state index in [1.165, 1.54) is 72.1 Å². The number of fused-ring (bicyclic) bond motifs is 2. The van der Waals surface area contributed by atoms with Gasteiger partial charge in [-0.05, 0) is 0 Å². The molecule has 1 fully saturated rings. The molecule has 7 rings (SSSR count). The molecule has 0 bridgehead atoms. The summed E-state index contributed by atoms with van der Waals surface area (Å²) in [7, 11) is 0. The predicted molar refractivity (Wildman–Crippen MR) is 179 cm³/mol. The van der Waals surface area contributed by atoms with E-state index in [1.54, 1.807) is 22.3 Å². The Balaban J connectivity index is 0.00000192. The Morgan fingerprint density at radius 2 is 0.932 bits per heavy atom. The second kappa shape index (κ2) is 13.7. The third kappa shape index (κ3) is 5.36. The van der Waals surface area contributed by atoms with Gasteiger partial charge in [0, 0.05) is 0 Å². The van der Waals surface area contributed by atoms with Crippen molar-refractivity contribution in [1.29, 1.82) is 0 Å². The molecular weight excluding hydrogens is 742 g/mol. The van der Waals surface area contributed by atoms with Gasteiger partial charge in [0.25, 0.3) is 0 Å². The number of allylic oxidation sites excluding steroid dienone is 2. The monoisotopic (exact) mass is 786 g/mol. The van der Waals surface area contributed by atoms with Gasteiger partial charge in [-0.15, -0.1) is 0 Å². The Kier molecular flexibility index (Phi) is 10.3. The standard InChI is InChI=1S/2C19H19.C3H6.2ClH.Hf/c2*1-3-14-8-10-16(11-9-14)18-7-5-6-17-12-15(4-2)13-19(17)18;1-3-2;;;/h2*5-13H,3-4H2,1-2H3;1-3H2;2*1H;/q;;;;;+2/p-2. The van der Waals surface area contributed by atoms with Gasteiger partial charge in [-0.2, -0.15) is 0 Å². The summed E-state index contributed by atoms with van der Waals surface area (Å²) in [5.41, 5.74) is 18.3. The van der Waals surface area contributed by atoms with Gasteiger partial charge in [0.2, 0.25) is 0 Å². The van der Waals surface area contributed by atoms with Gasteiger partial charge in [0.05, 0.1) is 0 Å². The Morgan fingerprint density at radius 3 is 1.25 bits per heavy atom. The molecule has 0 saturated carbocycles. The number of halogens is 2. The molecule has 0 radical (unpaired) electrons. The van der Waals surface area contributed by atoms with Gasteiger partial charge in [-0.25, -0.2) is 0 Å². The smallest absolute Gasteiger partial charge is 1.00 e. The molecule has 226 valence electrons. The molecule has 1 saturated heterocycles. The second-order valence-electron chi connectivity index (χ2n) is 12.8. The maximum absolute atomic E-state index is 2.97. The fraction of sp³-hybridized carbons (Fsp3) is 0.317. The van der Waals surface area contributed by atoms with Gasteiger partial charge < -0.3 is 24.8 Å². The summed E-state index contributed by atoms with van der Waals surface area (Å²) in [4.78, 5) is 0. The quantitative estimate of drug-likeness (QED) is 0.194. The zero-order valence-corrected chi connectivity index (χ0v) is 31.7. The number of aryl methyl sites for hydroxylation is 2. The summed E-state index contributed by atoms with van der Waals surface area (Å²) in [6.45, 7) is 9.31. The van der Waals surface area contributed by atoms with Crippen LogP contribution in [0.25, 0.3) is 34.4 Å². The second-order valence-corrected chi connectivity index (χ2v) is 29.4. The molecule has 2 unspecified atom stereocenters. The number of hydrogen-bond donors (Lipinski definition) is 0. The summed E-state index contributed by atoms with van der Waals surface area (Å²) in [5, 5.41) is 0. The van der Waals surface area contributed by atoms with Crippen molar-refractivity contribution in [2.45, 2.75) is 75.5 Å². The molecular formula is C41H44Cl2Hf. The van der Waals surface area contributed by atoms with E-state index in [9.17, 15) is 0 Å². The maximum atomic E-state index is 2.64. The van der Waals surface area contributed by atoms with E-state index in [1.807, 2.05) is 0 Å². The minimum absolute atomic E-state index is 0. The van der Waals surface area contributed by atoms with Crippen LogP contribution < -0.4 is 24.8 Å². The van der Waals surface area contributed by atoms with Gasteiger partial charge in [-0.1, -0.05) is 0 Å². The molecule has 3 aliphatic rings. The first-order valence-electron chi connectivity index (χ1n) is 16.5. The fourth-order valence-electron chi connectivity index (χ4n) is 8.57. The zero-order chi connectivity index (χ0) is 28.8. The Morgan fingerprint density at radius 1 is 0.523 bits per heavy atom. The molecule has 0 aromatic heterocycles. The van der Waals surface area contributed by atoms with Crippen LogP contribution in [0.1, 0.15) is 87.7 Å². The molecule has 0 N–H and O–H groups in total. The number of rotatable bonds is 8. The summed E-state index contributed by atoms with van der Waals surface area (Å²) < 4.78 is 4.47. The van der Waals surface area contributed by atoms with Gasteiger partial charge in [0.15, 0.2) is 0 Å². The SMILES string of the molecule is CCC1=Cc2c(-c3ccc(CC)cc3)cccc2[CH]1[Hf+2]1([CH]2C(CC)=Cc3c(-c4ccc(CC)cc4)cccc32)[CH2]C[CH2]1.[Cl-].[Cl-]. The molecule has 2 aliphatic carbocycles. The van der Waals surface area contributed by atoms with Crippen LogP contribution in [0.4, 0.5) is 0 Å². The van der Waals surface area contributed by atoms with Crippen LogP contribution >= 0.6 is 0 Å². The molecule has 2 atom stereocenters. The van der Waals surface area contributed by atoms with E-state index < -0.39 is 20.0 Å². The maximum Gasteiger partial charge on any atom is -1.00 e. The molecule has 0 nitrogen and oxygen atoms in total. The van der Waals surface area contributed by atoms with Crippen molar-refractivity contribution in [3.05, 3.63) is 129 Å². The van der Waals surface area contributed by atoms with Crippen LogP contribution in [0, 0.1) is 0 Å². The van der Waals surface area contributed by atoms with E-state index in [2.05, 4.69) is 125 Å². The van der Waals surface area contributed by atoms with Crippen molar-refractivity contribution in [2.24, 2.45) is 0 Å². The largest absolute Gasteiger partial charge is 1.00 e. The molecule has 1 heterocycles. The molecule has 0 spiro atoms. The first-order chi connectivity index (χ1) is 20.6. The molecule has 4 aromatic carbocycles. The topological polar surface area (TPSA) is 0 Å². The van der Waals surface area contributed by atoms with Crippen molar-refractivity contribution in [2.75, 3.05) is 0 Å². The molecule has 3 heteroatoms. The van der Waals surface area contributed by atoms with Crippen molar-refractivity contribution in [1.82, 2.24) is 0 Å². The normalized spacial score (nSPS) is 18.4. The van der Waals surface area contributed by atoms with E-state index in [-0.39, 0.29) is 24.8 Å². The predicted octanol–water partition coefficient (Wildman–Crippen LogP) is 5.94. The number of benzene rings is 4. The van der Waals surface area contributed by atoms with Crippen LogP contribution in [0.2, 0.25) is 8.35 Å². The first kappa shape index (κ1) is 33.2. The average molecular weight is 786 g/mol. The zero-order valence-electron chi connectivity index (χ0n) is 26.6. The van der Waals surface area contributed by atoms with E-state index in [0.29, 0.717) is 7.35 Å². The van der Waals surface area contributed by atoms with Crippen LogP contribution in [-0.2, 0) is 32.8 Å². The van der Waals surface area contributed by atoms with Crippen molar-refractivity contribution >= 4 is 12.2 Å². The van der Waals surface area contributed by atoms with Crippen LogP contribution in [0.5, 0.6) is 0 Å². The van der Waals surface area contributed by atoms with Crippen molar-refractivity contribution < 1.29 is 44.8 Å². The first-order valence-corrected chi connectivity index (χ1v) is 25.7. The van der Waals surface area contributed by atoms with Crippen LogP contribution in [-0.4, -0.2) is 0 Å². The van der Waals surface area contributed by atoms with Crippen molar-refractivity contribution in [3.63, 3.8) is 0 Å². The van der Waals surface area contributed by atoms with Crippen LogP contribution in [0.3, 0.4) is 0 Å². The minimum atomic E-state index is -2.97. The third-order valence-corrected chi connectivity index (χ3v) is 33.3. The minimum Gasteiger partial charge on any atom is -1.00 e. The molecule has 0 amide bonds. The van der Waals surface area contributed by atoms with E-state index in [4.69, 9.17) is 0 Å². The summed E-state index contributed by atoms with van der Waals surface area (Å²) in [6.07, 6.45) is 11.2. The van der Waals surface area contributed by atoms with Gasteiger partial charge in [0.1, 0.15) is 0 Å². The van der Waals surface area contributed by atoms with E-state index >= 15 is 0 Å². The van der Waals surface area contributed by atoms with Crippen LogP contribution in [0.15, 0.2) is 96.1 Å². The summed E-state index contributed by atoms with van der Waals surface area (Å²) >= 11 is -2.97. The average Bonchev–Trinajstić information content (AvgIpc) is 3.60. The van der Waals surface area contributed by atoms with Crippen molar-refractivity contribution in [3.8, 4) is 22.3 Å². The Bertz CT molecular complexity index is 1570. The fourth-order valence-corrected chi connectivity index (χ4v) is 31.8. The Hall–Kier alpha value is -2.19. The molecule has 44 heavy (non-hydrogen) atoms. The number of hydrogen-bond acceptors (Lipinski definition) is 0. The van der Waals surface area contributed by atoms with Gasteiger partial charge in [-0.3, -0.25) is 0 Å². The third-order valence-electron chi connectivity index (χ3n) is 10.9. The van der Waals surface area contributed by atoms with Gasteiger partial charge >= 0.3 is 259 Å². The molecule has 4 aromatic rings. The summed E-state index contributed by atoms with van der Waals surface area (Å²) in [5.74, 6) is 0. The van der Waals surface area contributed by atoms with E-state index in [0.717, 1.165) is 12.8 Å². The Labute approximate surface area is 282 Å². The molecule has 1 aliphatic heterocycles.